The van der Waals surface area contributed by atoms with Crippen LogP contribution in [0.3, 0.4) is 0 Å². The molecule has 2 aromatic carbocycles. The lowest BCUT2D eigenvalue weighted by Gasteiger charge is -2.17. The third-order valence-electron chi connectivity index (χ3n) is 3.26. The van der Waals surface area contributed by atoms with Gasteiger partial charge in [-0.05, 0) is 25.1 Å². The van der Waals surface area contributed by atoms with Gasteiger partial charge < -0.3 is 5.73 Å². The highest BCUT2D eigenvalue weighted by Crippen LogP contribution is 2.10. The molecule has 0 aliphatic rings. The van der Waals surface area contributed by atoms with Crippen LogP contribution in [-0.4, -0.2) is 16.9 Å². The van der Waals surface area contributed by atoms with Crippen LogP contribution in [0.2, 0.25) is 0 Å². The molecule has 0 saturated carbocycles. The summed E-state index contributed by atoms with van der Waals surface area (Å²) in [7, 11) is 2.13. The van der Waals surface area contributed by atoms with Gasteiger partial charge in [-0.25, -0.2) is 0 Å². The van der Waals surface area contributed by atoms with E-state index < -0.39 is 0 Å². The molecular weight excluding hydrogens is 264 g/mol. The lowest BCUT2D eigenvalue weighted by atomic mass is 10.1. The molecule has 2 rings (SSSR count). The van der Waals surface area contributed by atoms with Crippen molar-refractivity contribution < 1.29 is 0 Å². The fraction of sp³-hybridized carbons (Fsp3) is 0.235. The zero-order chi connectivity index (χ0) is 14.5. The van der Waals surface area contributed by atoms with Gasteiger partial charge in [0.25, 0.3) is 0 Å². The highest BCUT2D eigenvalue weighted by Gasteiger charge is 2.03. The zero-order valence-electron chi connectivity index (χ0n) is 12.0. The molecule has 0 aromatic heterocycles. The minimum Gasteiger partial charge on any atom is -0.389 e. The molecule has 0 unspecified atom stereocenters. The summed E-state index contributed by atoms with van der Waals surface area (Å²) in [5, 5.41) is 0. The van der Waals surface area contributed by atoms with Crippen LogP contribution in [0.15, 0.2) is 48.5 Å². The van der Waals surface area contributed by atoms with Gasteiger partial charge >= 0.3 is 0 Å². The van der Waals surface area contributed by atoms with Crippen molar-refractivity contribution in [2.24, 2.45) is 5.73 Å². The molecule has 2 nitrogen and oxygen atoms in total. The summed E-state index contributed by atoms with van der Waals surface area (Å²) >= 11 is 4.96. The predicted molar refractivity (Wildman–Crippen MR) is 88.7 cm³/mol. The first-order valence-electron chi connectivity index (χ1n) is 6.67. The van der Waals surface area contributed by atoms with Gasteiger partial charge in [-0.3, -0.25) is 4.90 Å². The summed E-state index contributed by atoms with van der Waals surface area (Å²) in [6.45, 7) is 3.96. The van der Waals surface area contributed by atoms with Gasteiger partial charge in [-0.1, -0.05) is 66.3 Å². The fourth-order valence-electron chi connectivity index (χ4n) is 2.15. The Bertz CT molecular complexity index is 573. The van der Waals surface area contributed by atoms with Crippen molar-refractivity contribution in [2.75, 3.05) is 7.05 Å². The molecule has 0 fully saturated rings. The number of benzene rings is 2. The van der Waals surface area contributed by atoms with Gasteiger partial charge in [0.15, 0.2) is 0 Å². The molecule has 0 heterocycles. The maximum absolute atomic E-state index is 5.60. The Labute approximate surface area is 126 Å². The van der Waals surface area contributed by atoms with Crippen molar-refractivity contribution >= 4 is 17.2 Å². The smallest absolute Gasteiger partial charge is 0.103 e. The Morgan fingerprint density at radius 3 is 1.85 bits per heavy atom. The largest absolute Gasteiger partial charge is 0.389 e. The van der Waals surface area contributed by atoms with Crippen LogP contribution in [-0.2, 0) is 13.1 Å². The predicted octanol–water partition coefficient (Wildman–Crippen LogP) is 3.26. The zero-order valence-corrected chi connectivity index (χ0v) is 12.8. The van der Waals surface area contributed by atoms with Gasteiger partial charge in [0.2, 0.25) is 0 Å². The molecule has 104 valence electrons. The van der Waals surface area contributed by atoms with Crippen molar-refractivity contribution in [3.8, 4) is 0 Å². The van der Waals surface area contributed by atoms with Crippen molar-refractivity contribution in [3.05, 3.63) is 70.8 Å². The summed E-state index contributed by atoms with van der Waals surface area (Å²) in [5.41, 5.74) is 10.4. The summed E-state index contributed by atoms with van der Waals surface area (Å²) in [5.74, 6) is 0. The molecular formula is C17H20N2S. The number of thiocarbonyl (C=S) groups is 1. The molecule has 0 aliphatic carbocycles. The van der Waals surface area contributed by atoms with Gasteiger partial charge in [-0.2, -0.15) is 0 Å². The first-order chi connectivity index (χ1) is 9.54. The molecule has 20 heavy (non-hydrogen) atoms. The van der Waals surface area contributed by atoms with Crippen molar-refractivity contribution in [1.29, 1.82) is 0 Å². The molecule has 0 amide bonds. The topological polar surface area (TPSA) is 29.3 Å². The molecule has 0 spiro atoms. The van der Waals surface area contributed by atoms with Crippen LogP contribution < -0.4 is 5.73 Å². The van der Waals surface area contributed by atoms with E-state index in [9.17, 15) is 0 Å². The average Bonchev–Trinajstić information content (AvgIpc) is 2.42. The monoisotopic (exact) mass is 284 g/mol. The molecule has 0 radical (unpaired) electrons. The van der Waals surface area contributed by atoms with E-state index in [1.54, 1.807) is 0 Å². The van der Waals surface area contributed by atoms with E-state index in [4.69, 9.17) is 18.0 Å². The lowest BCUT2D eigenvalue weighted by molar-refractivity contribution is 0.319. The standard InChI is InChI=1S/C17H20N2S/c1-13-3-5-14(6-4-13)11-19(2)12-15-7-9-16(10-8-15)17(18)20/h3-10H,11-12H2,1-2H3,(H2,18,20). The van der Waals surface area contributed by atoms with E-state index in [2.05, 4.69) is 55.3 Å². The highest BCUT2D eigenvalue weighted by molar-refractivity contribution is 7.80. The summed E-state index contributed by atoms with van der Waals surface area (Å²) in [4.78, 5) is 2.74. The van der Waals surface area contributed by atoms with Crippen LogP contribution in [0.1, 0.15) is 22.3 Å². The van der Waals surface area contributed by atoms with E-state index in [1.807, 2.05) is 12.1 Å². The van der Waals surface area contributed by atoms with Gasteiger partial charge in [-0.15, -0.1) is 0 Å². The van der Waals surface area contributed by atoms with E-state index in [0.717, 1.165) is 18.7 Å². The number of hydrogen-bond acceptors (Lipinski definition) is 2. The van der Waals surface area contributed by atoms with E-state index in [1.165, 1.54) is 16.7 Å². The SMILES string of the molecule is Cc1ccc(CN(C)Cc2ccc(C(N)=S)cc2)cc1. The quantitative estimate of drug-likeness (QED) is 0.855. The van der Waals surface area contributed by atoms with Crippen LogP contribution in [0.4, 0.5) is 0 Å². The van der Waals surface area contributed by atoms with Crippen LogP contribution in [0, 0.1) is 6.92 Å². The van der Waals surface area contributed by atoms with E-state index in [-0.39, 0.29) is 0 Å². The molecule has 0 aliphatic heterocycles. The second kappa shape index (κ2) is 6.64. The first-order valence-corrected chi connectivity index (χ1v) is 7.08. The minimum atomic E-state index is 0.449. The van der Waals surface area contributed by atoms with E-state index in [0.29, 0.717) is 4.99 Å². The number of nitrogens with zero attached hydrogens (tertiary/aromatic N) is 1. The van der Waals surface area contributed by atoms with Crippen LogP contribution >= 0.6 is 12.2 Å². The van der Waals surface area contributed by atoms with Crippen molar-refractivity contribution in [3.63, 3.8) is 0 Å². The Morgan fingerprint density at radius 2 is 1.40 bits per heavy atom. The molecule has 0 atom stereocenters. The maximum atomic E-state index is 5.60. The Kier molecular flexibility index (Phi) is 4.88. The second-order valence-corrected chi connectivity index (χ2v) is 5.66. The third-order valence-corrected chi connectivity index (χ3v) is 3.50. The number of aryl methyl sites for hydroxylation is 1. The molecule has 2 N–H and O–H groups in total. The third kappa shape index (κ3) is 4.15. The van der Waals surface area contributed by atoms with Crippen LogP contribution in [0.25, 0.3) is 0 Å². The van der Waals surface area contributed by atoms with E-state index >= 15 is 0 Å². The van der Waals surface area contributed by atoms with Gasteiger partial charge in [0.1, 0.15) is 4.99 Å². The number of nitrogens with two attached hydrogens (primary N) is 1. The van der Waals surface area contributed by atoms with Gasteiger partial charge in [0.05, 0.1) is 0 Å². The first kappa shape index (κ1) is 14.7. The number of rotatable bonds is 5. The minimum absolute atomic E-state index is 0.449. The highest BCUT2D eigenvalue weighted by atomic mass is 32.1. The normalized spacial score (nSPS) is 10.8. The maximum Gasteiger partial charge on any atom is 0.103 e. The number of hydrogen-bond donors (Lipinski definition) is 1. The molecule has 3 heteroatoms. The summed E-state index contributed by atoms with van der Waals surface area (Å²) < 4.78 is 0. The van der Waals surface area contributed by atoms with Crippen molar-refractivity contribution in [2.45, 2.75) is 20.0 Å². The van der Waals surface area contributed by atoms with Crippen LogP contribution in [0.5, 0.6) is 0 Å². The average molecular weight is 284 g/mol. The molecule has 0 saturated heterocycles. The second-order valence-electron chi connectivity index (χ2n) is 5.22. The van der Waals surface area contributed by atoms with Gasteiger partial charge in [0, 0.05) is 18.7 Å². The van der Waals surface area contributed by atoms with Crippen molar-refractivity contribution in [1.82, 2.24) is 4.90 Å². The molecule has 2 aromatic rings. The summed E-state index contributed by atoms with van der Waals surface area (Å²) in [6, 6.07) is 16.8. The Morgan fingerprint density at radius 1 is 0.950 bits per heavy atom. The molecule has 0 bridgehead atoms. The lowest BCUT2D eigenvalue weighted by Crippen LogP contribution is -2.17. The summed E-state index contributed by atoms with van der Waals surface area (Å²) in [6.07, 6.45) is 0. The Hall–Kier alpha value is -1.71. The fourth-order valence-corrected chi connectivity index (χ4v) is 2.28. The Balaban J connectivity index is 1.95.